The standard InChI is InChI=1S/C16H16ClN3O3/c1-19(2)15(22)11-8-13(16(23)20(3)9-11)18-14(21)10-4-6-12(17)7-5-10/h4-9H,1-3H3,(H,18,21). The number of anilines is 1. The van der Waals surface area contributed by atoms with Gasteiger partial charge in [-0.2, -0.15) is 0 Å². The van der Waals surface area contributed by atoms with Gasteiger partial charge in [-0.1, -0.05) is 11.6 Å². The van der Waals surface area contributed by atoms with E-state index in [-0.39, 0.29) is 11.6 Å². The second-order valence-corrected chi connectivity index (χ2v) is 5.66. The number of nitrogens with one attached hydrogen (secondary N) is 1. The van der Waals surface area contributed by atoms with Crippen LogP contribution in [-0.2, 0) is 7.05 Å². The van der Waals surface area contributed by atoms with E-state index in [1.807, 2.05) is 0 Å². The van der Waals surface area contributed by atoms with Crippen molar-refractivity contribution in [3.63, 3.8) is 0 Å². The molecule has 120 valence electrons. The van der Waals surface area contributed by atoms with Crippen LogP contribution in [0.5, 0.6) is 0 Å². The average Bonchev–Trinajstić information content (AvgIpc) is 2.51. The first-order valence-corrected chi connectivity index (χ1v) is 7.16. The molecule has 2 aromatic rings. The lowest BCUT2D eigenvalue weighted by Gasteiger charge is -2.13. The first-order chi connectivity index (χ1) is 10.8. The zero-order chi connectivity index (χ0) is 17.1. The molecule has 2 amide bonds. The van der Waals surface area contributed by atoms with E-state index in [1.165, 1.54) is 28.8 Å². The Hall–Kier alpha value is -2.60. The molecule has 1 aromatic heterocycles. The third-order valence-electron chi connectivity index (χ3n) is 3.19. The van der Waals surface area contributed by atoms with E-state index in [1.54, 1.807) is 38.4 Å². The maximum absolute atomic E-state index is 12.2. The zero-order valence-corrected chi connectivity index (χ0v) is 13.7. The van der Waals surface area contributed by atoms with Gasteiger partial charge < -0.3 is 14.8 Å². The number of carbonyl (C=O) groups excluding carboxylic acids is 2. The number of rotatable bonds is 3. The lowest BCUT2D eigenvalue weighted by atomic mass is 10.2. The largest absolute Gasteiger partial charge is 0.345 e. The van der Waals surface area contributed by atoms with E-state index >= 15 is 0 Å². The molecule has 1 aromatic carbocycles. The van der Waals surface area contributed by atoms with Gasteiger partial charge in [0.05, 0.1) is 5.56 Å². The van der Waals surface area contributed by atoms with Gasteiger partial charge in [0.25, 0.3) is 17.4 Å². The number of hydrogen-bond acceptors (Lipinski definition) is 3. The van der Waals surface area contributed by atoms with Crippen LogP contribution in [0.3, 0.4) is 0 Å². The van der Waals surface area contributed by atoms with Crippen molar-refractivity contribution >= 4 is 29.1 Å². The fourth-order valence-corrected chi connectivity index (χ4v) is 2.10. The summed E-state index contributed by atoms with van der Waals surface area (Å²) < 4.78 is 1.26. The van der Waals surface area contributed by atoms with Crippen LogP contribution in [0.4, 0.5) is 5.69 Å². The number of aromatic nitrogens is 1. The van der Waals surface area contributed by atoms with Gasteiger partial charge in [0, 0.05) is 37.9 Å². The van der Waals surface area contributed by atoms with Crippen molar-refractivity contribution in [2.75, 3.05) is 19.4 Å². The number of pyridine rings is 1. The van der Waals surface area contributed by atoms with Gasteiger partial charge in [-0.05, 0) is 30.3 Å². The third kappa shape index (κ3) is 3.78. The molecule has 0 unspecified atom stereocenters. The maximum Gasteiger partial charge on any atom is 0.274 e. The molecule has 7 heteroatoms. The van der Waals surface area contributed by atoms with E-state index in [4.69, 9.17) is 11.6 Å². The Balaban J connectivity index is 2.35. The highest BCUT2D eigenvalue weighted by atomic mass is 35.5. The van der Waals surface area contributed by atoms with Gasteiger partial charge >= 0.3 is 0 Å². The van der Waals surface area contributed by atoms with Gasteiger partial charge in [-0.15, -0.1) is 0 Å². The fourth-order valence-electron chi connectivity index (χ4n) is 1.97. The number of halogens is 1. The van der Waals surface area contributed by atoms with Gasteiger partial charge in [0.2, 0.25) is 0 Å². The highest BCUT2D eigenvalue weighted by Crippen LogP contribution is 2.12. The molecular weight excluding hydrogens is 318 g/mol. The molecular formula is C16H16ClN3O3. The SMILES string of the molecule is CN(C)C(=O)c1cc(NC(=O)c2ccc(Cl)cc2)c(=O)n(C)c1. The summed E-state index contributed by atoms with van der Waals surface area (Å²) in [5.74, 6) is -0.712. The van der Waals surface area contributed by atoms with Crippen LogP contribution < -0.4 is 10.9 Å². The first-order valence-electron chi connectivity index (χ1n) is 6.79. The molecule has 23 heavy (non-hydrogen) atoms. The number of nitrogens with zero attached hydrogens (tertiary/aromatic N) is 2. The summed E-state index contributed by atoms with van der Waals surface area (Å²) in [5.41, 5.74) is 0.312. The van der Waals surface area contributed by atoms with Crippen molar-refractivity contribution in [2.45, 2.75) is 0 Å². The van der Waals surface area contributed by atoms with E-state index in [2.05, 4.69) is 5.32 Å². The Bertz CT molecular complexity index is 810. The zero-order valence-electron chi connectivity index (χ0n) is 13.0. The molecule has 1 N–H and O–H groups in total. The number of aryl methyl sites for hydroxylation is 1. The smallest absolute Gasteiger partial charge is 0.274 e. The summed E-state index contributed by atoms with van der Waals surface area (Å²) in [6.07, 6.45) is 1.43. The molecule has 0 saturated heterocycles. The van der Waals surface area contributed by atoms with Gasteiger partial charge in [0.1, 0.15) is 5.69 Å². The van der Waals surface area contributed by atoms with E-state index < -0.39 is 11.5 Å². The molecule has 2 rings (SSSR count). The van der Waals surface area contributed by atoms with Crippen LogP contribution in [0.1, 0.15) is 20.7 Å². The molecule has 6 nitrogen and oxygen atoms in total. The second kappa shape index (κ2) is 6.66. The minimum absolute atomic E-state index is 0.0418. The van der Waals surface area contributed by atoms with Crippen LogP contribution in [-0.4, -0.2) is 35.4 Å². The summed E-state index contributed by atoms with van der Waals surface area (Å²) in [4.78, 5) is 37.8. The van der Waals surface area contributed by atoms with Gasteiger partial charge in [-0.25, -0.2) is 0 Å². The molecule has 0 aliphatic heterocycles. The van der Waals surface area contributed by atoms with Crippen molar-refractivity contribution in [2.24, 2.45) is 7.05 Å². The van der Waals surface area contributed by atoms with Crippen molar-refractivity contribution in [3.05, 3.63) is 63.0 Å². The molecule has 1 heterocycles. The Kier molecular flexibility index (Phi) is 4.86. The Morgan fingerprint density at radius 2 is 1.74 bits per heavy atom. The van der Waals surface area contributed by atoms with Crippen LogP contribution in [0.15, 0.2) is 41.3 Å². The summed E-state index contributed by atoms with van der Waals surface area (Å²) in [5, 5.41) is 3.05. The van der Waals surface area contributed by atoms with Gasteiger partial charge in [0.15, 0.2) is 0 Å². The molecule has 0 aliphatic rings. The Labute approximate surface area is 138 Å². The summed E-state index contributed by atoms with van der Waals surface area (Å²) in [7, 11) is 4.74. The molecule has 0 atom stereocenters. The number of carbonyl (C=O) groups is 2. The second-order valence-electron chi connectivity index (χ2n) is 5.22. The topological polar surface area (TPSA) is 71.4 Å². The predicted molar refractivity (Wildman–Crippen MR) is 89.1 cm³/mol. The number of hydrogen-bond donors (Lipinski definition) is 1. The molecule has 0 spiro atoms. The first kappa shape index (κ1) is 16.8. The normalized spacial score (nSPS) is 10.3. The third-order valence-corrected chi connectivity index (χ3v) is 3.44. The number of amides is 2. The van der Waals surface area contributed by atoms with Crippen LogP contribution >= 0.6 is 11.6 Å². The van der Waals surface area contributed by atoms with Crippen LogP contribution in [0.2, 0.25) is 5.02 Å². The van der Waals surface area contributed by atoms with Crippen molar-refractivity contribution in [1.82, 2.24) is 9.47 Å². The molecule has 0 saturated carbocycles. The van der Waals surface area contributed by atoms with Crippen molar-refractivity contribution < 1.29 is 9.59 Å². The highest BCUT2D eigenvalue weighted by Gasteiger charge is 2.15. The lowest BCUT2D eigenvalue weighted by Crippen LogP contribution is -2.28. The Morgan fingerprint density at radius 3 is 2.30 bits per heavy atom. The summed E-state index contributed by atoms with van der Waals surface area (Å²) in [6.45, 7) is 0. The van der Waals surface area contributed by atoms with Crippen LogP contribution in [0, 0.1) is 0 Å². The van der Waals surface area contributed by atoms with Crippen molar-refractivity contribution in [1.29, 1.82) is 0 Å². The molecule has 0 radical (unpaired) electrons. The van der Waals surface area contributed by atoms with E-state index in [9.17, 15) is 14.4 Å². The molecule has 0 bridgehead atoms. The van der Waals surface area contributed by atoms with E-state index in [0.717, 1.165) is 0 Å². The number of benzene rings is 1. The quantitative estimate of drug-likeness (QED) is 0.933. The highest BCUT2D eigenvalue weighted by molar-refractivity contribution is 6.30. The predicted octanol–water partition coefficient (Wildman–Crippen LogP) is 1.99. The molecule has 0 fully saturated rings. The average molecular weight is 334 g/mol. The van der Waals surface area contributed by atoms with Gasteiger partial charge in [-0.3, -0.25) is 14.4 Å². The summed E-state index contributed by atoms with van der Waals surface area (Å²) >= 11 is 5.78. The minimum Gasteiger partial charge on any atom is -0.345 e. The maximum atomic E-state index is 12.2. The van der Waals surface area contributed by atoms with Crippen molar-refractivity contribution in [3.8, 4) is 0 Å². The van der Waals surface area contributed by atoms with Crippen LogP contribution in [0.25, 0.3) is 0 Å². The minimum atomic E-state index is -0.451. The van der Waals surface area contributed by atoms with E-state index in [0.29, 0.717) is 16.1 Å². The summed E-state index contributed by atoms with van der Waals surface area (Å²) in [6, 6.07) is 7.65. The fraction of sp³-hybridized carbons (Fsp3) is 0.188. The lowest BCUT2D eigenvalue weighted by molar-refractivity contribution is 0.0826. The monoisotopic (exact) mass is 333 g/mol. The molecule has 0 aliphatic carbocycles. The Morgan fingerprint density at radius 1 is 1.13 bits per heavy atom.